The molecule has 0 saturated carbocycles. The van der Waals surface area contributed by atoms with Crippen LogP contribution in [0.25, 0.3) is 0 Å². The maximum atomic E-state index is 10.1. The third-order valence-electron chi connectivity index (χ3n) is 4.93. The third-order valence-corrected chi connectivity index (χ3v) is 4.93. The molecule has 0 bridgehead atoms. The predicted molar refractivity (Wildman–Crippen MR) is 87.6 cm³/mol. The summed E-state index contributed by atoms with van der Waals surface area (Å²) in [6, 6.07) is 0. The topological polar surface area (TPSA) is 220 Å². The van der Waals surface area contributed by atoms with E-state index in [0.717, 1.165) is 4.68 Å². The van der Waals surface area contributed by atoms with E-state index in [9.17, 15) is 40.9 Å². The summed E-state index contributed by atoms with van der Waals surface area (Å²) in [6.45, 7) is -1.46. The van der Waals surface area contributed by atoms with Crippen LogP contribution < -0.4 is 0 Å². The van der Waals surface area contributed by atoms with E-state index in [0.29, 0.717) is 0 Å². The van der Waals surface area contributed by atoms with Gasteiger partial charge in [0.15, 0.2) is 12.5 Å². The Labute approximate surface area is 164 Å². The van der Waals surface area contributed by atoms with Crippen molar-refractivity contribution in [3.8, 4) is 0 Å². The molecule has 8 N–H and O–H groups in total. The first-order valence-corrected chi connectivity index (χ1v) is 8.91. The van der Waals surface area contributed by atoms with Gasteiger partial charge in [0.1, 0.15) is 54.5 Å². The summed E-state index contributed by atoms with van der Waals surface area (Å²) in [4.78, 5) is 0. The zero-order valence-corrected chi connectivity index (χ0v) is 15.1. The van der Waals surface area contributed by atoms with Crippen molar-refractivity contribution in [1.82, 2.24) is 15.0 Å². The molecule has 1 aromatic heterocycles. The van der Waals surface area contributed by atoms with Gasteiger partial charge in [-0.2, -0.15) is 0 Å². The molecule has 0 aliphatic carbocycles. The lowest BCUT2D eigenvalue weighted by Gasteiger charge is -2.39. The van der Waals surface area contributed by atoms with Gasteiger partial charge in [-0.15, -0.1) is 5.10 Å². The first-order chi connectivity index (χ1) is 13.8. The Kier molecular flexibility index (Phi) is 7.13. The Balaban J connectivity index is 1.63. The van der Waals surface area contributed by atoms with Crippen molar-refractivity contribution >= 4 is 0 Å². The highest BCUT2D eigenvalue weighted by atomic mass is 16.7. The number of hydrogen-bond donors (Lipinski definition) is 8. The van der Waals surface area contributed by atoms with Crippen molar-refractivity contribution in [3.63, 3.8) is 0 Å². The molecule has 0 amide bonds. The molecule has 1 aromatic rings. The molecule has 3 heterocycles. The van der Waals surface area contributed by atoms with Crippen molar-refractivity contribution in [1.29, 1.82) is 0 Å². The minimum absolute atomic E-state index is 0.193. The van der Waals surface area contributed by atoms with Crippen LogP contribution in [0, 0.1) is 0 Å². The molecule has 0 unspecified atom stereocenters. The van der Waals surface area contributed by atoms with Gasteiger partial charge in [-0.1, -0.05) is 5.21 Å². The third kappa shape index (κ3) is 4.42. The number of rotatable bonds is 6. The quantitative estimate of drug-likeness (QED) is 0.214. The number of aliphatic hydroxyl groups is 8. The standard InChI is InChI=1S/C15H25N3O11/c19-2-6-8(21)10(23)12(25)14(28-6)18-1-5(16-17-18)4-27-15-13(26)11(24)9(22)7(3-20)29-15/h1,6-15,19-26H,2-4H2/t6-,7-,8-,9-,10+,11+,12+,13+,14+,15+/m1/s1. The molecule has 2 aliphatic heterocycles. The van der Waals surface area contributed by atoms with Crippen molar-refractivity contribution in [2.45, 2.75) is 68.0 Å². The van der Waals surface area contributed by atoms with E-state index in [2.05, 4.69) is 10.3 Å². The summed E-state index contributed by atoms with van der Waals surface area (Å²) >= 11 is 0. The van der Waals surface area contributed by atoms with Gasteiger partial charge in [0, 0.05) is 0 Å². The molecular weight excluding hydrogens is 398 g/mol. The van der Waals surface area contributed by atoms with E-state index < -0.39 is 74.6 Å². The van der Waals surface area contributed by atoms with E-state index in [1.165, 1.54) is 6.20 Å². The molecule has 10 atom stereocenters. The lowest BCUT2D eigenvalue weighted by molar-refractivity contribution is -0.304. The molecule has 0 spiro atoms. The van der Waals surface area contributed by atoms with E-state index in [4.69, 9.17) is 14.2 Å². The molecule has 3 rings (SSSR count). The summed E-state index contributed by atoms with van der Waals surface area (Å²) in [5.74, 6) is 0. The molecule has 0 radical (unpaired) electrons. The van der Waals surface area contributed by atoms with Gasteiger partial charge >= 0.3 is 0 Å². The van der Waals surface area contributed by atoms with E-state index >= 15 is 0 Å². The maximum Gasteiger partial charge on any atom is 0.187 e. The van der Waals surface area contributed by atoms with Crippen LogP contribution in [0.1, 0.15) is 11.9 Å². The van der Waals surface area contributed by atoms with Gasteiger partial charge in [0.05, 0.1) is 26.0 Å². The predicted octanol–water partition coefficient (Wildman–Crippen LogP) is -5.43. The minimum atomic E-state index is -1.59. The summed E-state index contributed by atoms with van der Waals surface area (Å²) in [7, 11) is 0. The second-order valence-corrected chi connectivity index (χ2v) is 6.92. The van der Waals surface area contributed by atoms with E-state index in [-0.39, 0.29) is 12.3 Å². The SMILES string of the molecule is OC[C@H]1O[C@H](OCc2cn([C@H]3O[C@H](CO)[C@@H](O)[C@H](O)[C@@H]3O)nn2)[C@@H](O)[C@@H](O)[C@@H]1O. The summed E-state index contributed by atoms with van der Waals surface area (Å²) < 4.78 is 17.0. The van der Waals surface area contributed by atoms with Crippen LogP contribution in [0.3, 0.4) is 0 Å². The second kappa shape index (κ2) is 9.23. The lowest BCUT2D eigenvalue weighted by atomic mass is 9.98. The van der Waals surface area contributed by atoms with Crippen molar-refractivity contribution < 1.29 is 55.1 Å². The monoisotopic (exact) mass is 423 g/mol. The molecule has 2 saturated heterocycles. The van der Waals surface area contributed by atoms with Crippen LogP contribution in [-0.2, 0) is 20.8 Å². The first-order valence-electron chi connectivity index (χ1n) is 8.91. The average Bonchev–Trinajstić information content (AvgIpc) is 3.19. The van der Waals surface area contributed by atoms with Gasteiger partial charge in [0.25, 0.3) is 0 Å². The Hall–Kier alpha value is -1.30. The minimum Gasteiger partial charge on any atom is -0.394 e. The summed E-state index contributed by atoms with van der Waals surface area (Å²) in [6.07, 6.45) is -12.8. The molecule has 2 fully saturated rings. The summed E-state index contributed by atoms with van der Waals surface area (Å²) in [5, 5.41) is 85.1. The summed E-state index contributed by atoms with van der Waals surface area (Å²) in [5.41, 5.74) is 0.193. The molecule has 0 aromatic carbocycles. The van der Waals surface area contributed by atoms with Gasteiger partial charge in [-0.05, 0) is 0 Å². The van der Waals surface area contributed by atoms with Crippen molar-refractivity contribution in [3.05, 3.63) is 11.9 Å². The number of hydrogen-bond acceptors (Lipinski definition) is 13. The first kappa shape index (κ1) is 22.4. The van der Waals surface area contributed by atoms with Gasteiger partial charge in [0.2, 0.25) is 0 Å². The number of nitrogens with zero attached hydrogens (tertiary/aromatic N) is 3. The largest absolute Gasteiger partial charge is 0.394 e. The maximum absolute atomic E-state index is 10.1. The van der Waals surface area contributed by atoms with Gasteiger partial charge in [-0.3, -0.25) is 0 Å². The zero-order valence-electron chi connectivity index (χ0n) is 15.1. The normalized spacial score (nSPS) is 43.4. The number of ether oxygens (including phenoxy) is 3. The number of aliphatic hydroxyl groups excluding tert-OH is 8. The van der Waals surface area contributed by atoms with Crippen molar-refractivity contribution in [2.75, 3.05) is 13.2 Å². The van der Waals surface area contributed by atoms with Crippen LogP contribution in [0.5, 0.6) is 0 Å². The fraction of sp³-hybridized carbons (Fsp3) is 0.867. The van der Waals surface area contributed by atoms with Crippen molar-refractivity contribution in [2.24, 2.45) is 0 Å². The zero-order chi connectivity index (χ0) is 21.3. The van der Waals surface area contributed by atoms with Crippen LogP contribution in [0.15, 0.2) is 6.20 Å². The smallest absolute Gasteiger partial charge is 0.187 e. The Morgan fingerprint density at radius 3 is 2.03 bits per heavy atom. The van der Waals surface area contributed by atoms with Crippen LogP contribution in [0.4, 0.5) is 0 Å². The fourth-order valence-electron chi connectivity index (χ4n) is 3.18. The fourth-order valence-corrected chi connectivity index (χ4v) is 3.18. The van der Waals surface area contributed by atoms with E-state index in [1.54, 1.807) is 0 Å². The van der Waals surface area contributed by atoms with Gasteiger partial charge in [-0.25, -0.2) is 4.68 Å². The molecular formula is C15H25N3O11. The highest BCUT2D eigenvalue weighted by Gasteiger charge is 2.45. The van der Waals surface area contributed by atoms with Gasteiger partial charge < -0.3 is 55.1 Å². The molecule has 29 heavy (non-hydrogen) atoms. The van der Waals surface area contributed by atoms with Crippen LogP contribution >= 0.6 is 0 Å². The molecule has 2 aliphatic rings. The van der Waals surface area contributed by atoms with Crippen LogP contribution in [-0.4, -0.2) is 124 Å². The molecule has 14 heteroatoms. The van der Waals surface area contributed by atoms with E-state index in [1.807, 2.05) is 0 Å². The molecule has 14 nitrogen and oxygen atoms in total. The number of aromatic nitrogens is 3. The highest BCUT2D eigenvalue weighted by Crippen LogP contribution is 2.28. The van der Waals surface area contributed by atoms with Crippen LogP contribution in [0.2, 0.25) is 0 Å². The Morgan fingerprint density at radius 1 is 0.828 bits per heavy atom. The average molecular weight is 423 g/mol. The Bertz CT molecular complexity index is 659. The molecule has 166 valence electrons. The highest BCUT2D eigenvalue weighted by molar-refractivity contribution is 4.96. The lowest BCUT2D eigenvalue weighted by Crippen LogP contribution is -2.59. The second-order valence-electron chi connectivity index (χ2n) is 6.92. The Morgan fingerprint density at radius 2 is 1.41 bits per heavy atom.